The van der Waals surface area contributed by atoms with Crippen molar-refractivity contribution in [2.45, 2.75) is 32.7 Å². The maximum Gasteiger partial charge on any atom is 0.229 e. The topological polar surface area (TPSA) is 72.9 Å². The molecule has 1 aliphatic carbocycles. The number of rotatable bonds is 5. The fourth-order valence-corrected chi connectivity index (χ4v) is 1.87. The number of carbonyl (C=O) groups is 1. The first-order valence-corrected chi connectivity index (χ1v) is 6.18. The van der Waals surface area contributed by atoms with E-state index >= 15 is 0 Å². The van der Waals surface area contributed by atoms with Crippen LogP contribution in [-0.4, -0.2) is 22.2 Å². The Bertz CT molecular complexity index is 403. The first-order valence-electron chi connectivity index (χ1n) is 6.18. The van der Waals surface area contributed by atoms with Crippen LogP contribution in [0.3, 0.4) is 0 Å². The van der Waals surface area contributed by atoms with Gasteiger partial charge in [0.25, 0.3) is 0 Å². The highest BCUT2D eigenvalue weighted by Gasteiger charge is 2.30. The molecule has 1 amide bonds. The molecule has 1 aromatic heterocycles. The van der Waals surface area contributed by atoms with Crippen LogP contribution in [-0.2, 0) is 4.79 Å². The van der Waals surface area contributed by atoms with Gasteiger partial charge in [0.05, 0.1) is 12.2 Å². The van der Waals surface area contributed by atoms with Gasteiger partial charge in [-0.2, -0.15) is 5.10 Å². The van der Waals surface area contributed by atoms with E-state index in [0.29, 0.717) is 18.5 Å². The lowest BCUT2D eigenvalue weighted by molar-refractivity contribution is -0.119. The zero-order chi connectivity index (χ0) is 12.4. The fraction of sp³-hybridized carbons (Fsp3) is 0.667. The molecule has 2 unspecified atom stereocenters. The number of halogens is 1. The number of aromatic nitrogens is 2. The highest BCUT2D eigenvalue weighted by atomic mass is 35.5. The summed E-state index contributed by atoms with van der Waals surface area (Å²) in [5, 5.41) is 7.17. The van der Waals surface area contributed by atoms with Crippen LogP contribution in [0, 0.1) is 11.8 Å². The van der Waals surface area contributed by atoms with Crippen molar-refractivity contribution in [3.05, 3.63) is 12.3 Å². The third-order valence-corrected chi connectivity index (χ3v) is 3.41. The molecule has 6 heteroatoms. The number of hydrogen-bond donors (Lipinski definition) is 2. The van der Waals surface area contributed by atoms with E-state index in [0.717, 1.165) is 5.82 Å². The Kier molecular flexibility index (Phi) is 5.16. The number of carbonyl (C=O) groups excluding carboxylic acids is 1. The number of anilines is 1. The predicted octanol–water partition coefficient (Wildman–Crippen LogP) is 1.81. The van der Waals surface area contributed by atoms with Crippen LogP contribution in [0.1, 0.15) is 32.7 Å². The molecule has 1 fully saturated rings. The smallest absolute Gasteiger partial charge is 0.229 e. The van der Waals surface area contributed by atoms with Gasteiger partial charge in [-0.1, -0.05) is 6.92 Å². The summed E-state index contributed by atoms with van der Waals surface area (Å²) in [5.41, 5.74) is 5.47. The second-order valence-corrected chi connectivity index (χ2v) is 4.87. The molecule has 0 aliphatic heterocycles. The average Bonchev–Trinajstić information content (AvgIpc) is 3.08. The van der Waals surface area contributed by atoms with Crippen LogP contribution in [0.15, 0.2) is 12.3 Å². The Hall–Kier alpha value is -1.07. The van der Waals surface area contributed by atoms with Crippen LogP contribution in [0.2, 0.25) is 0 Å². The van der Waals surface area contributed by atoms with Crippen LogP contribution in [0.25, 0.3) is 0 Å². The number of amides is 1. The first kappa shape index (κ1) is 15.0. The van der Waals surface area contributed by atoms with Gasteiger partial charge < -0.3 is 11.1 Å². The van der Waals surface area contributed by atoms with Gasteiger partial charge in [-0.3, -0.25) is 4.79 Å². The molecule has 2 atom stereocenters. The Morgan fingerprint density at radius 3 is 2.83 bits per heavy atom. The van der Waals surface area contributed by atoms with Crippen molar-refractivity contribution in [2.24, 2.45) is 17.6 Å². The normalized spacial score (nSPS) is 17.7. The molecule has 3 N–H and O–H groups in total. The van der Waals surface area contributed by atoms with E-state index in [1.54, 1.807) is 6.20 Å². The van der Waals surface area contributed by atoms with E-state index < -0.39 is 0 Å². The molecule has 1 saturated carbocycles. The largest absolute Gasteiger partial charge is 0.330 e. The summed E-state index contributed by atoms with van der Waals surface area (Å²) in [5.74, 6) is 1.26. The number of nitrogens with one attached hydrogen (secondary N) is 1. The summed E-state index contributed by atoms with van der Waals surface area (Å²) in [6.07, 6.45) is 4.24. The van der Waals surface area contributed by atoms with E-state index in [1.807, 2.05) is 17.7 Å². The van der Waals surface area contributed by atoms with Gasteiger partial charge in [-0.25, -0.2) is 4.68 Å². The van der Waals surface area contributed by atoms with Crippen LogP contribution >= 0.6 is 12.4 Å². The van der Waals surface area contributed by atoms with Gasteiger partial charge in [0, 0.05) is 18.5 Å². The van der Waals surface area contributed by atoms with E-state index in [9.17, 15) is 4.79 Å². The molecule has 0 saturated heterocycles. The molecule has 2 rings (SSSR count). The molecule has 1 aromatic rings. The van der Waals surface area contributed by atoms with Crippen molar-refractivity contribution in [1.29, 1.82) is 0 Å². The minimum atomic E-state index is -0.172. The SMILES string of the molecule is CC(CN)C(=O)Nc1ccnn1C(C)C1CC1.Cl. The minimum Gasteiger partial charge on any atom is -0.330 e. The Morgan fingerprint density at radius 2 is 2.28 bits per heavy atom. The number of nitrogens with two attached hydrogens (primary N) is 1. The van der Waals surface area contributed by atoms with Crippen molar-refractivity contribution in [3.8, 4) is 0 Å². The fourth-order valence-electron chi connectivity index (χ4n) is 1.87. The maximum atomic E-state index is 11.8. The zero-order valence-electron chi connectivity index (χ0n) is 10.8. The van der Waals surface area contributed by atoms with Gasteiger partial charge in [-0.15, -0.1) is 12.4 Å². The summed E-state index contributed by atoms with van der Waals surface area (Å²) in [4.78, 5) is 11.8. The van der Waals surface area contributed by atoms with E-state index in [1.165, 1.54) is 12.8 Å². The average molecular weight is 273 g/mol. The third kappa shape index (κ3) is 3.23. The van der Waals surface area contributed by atoms with Crippen molar-refractivity contribution in [2.75, 3.05) is 11.9 Å². The van der Waals surface area contributed by atoms with Crippen LogP contribution < -0.4 is 11.1 Å². The lowest BCUT2D eigenvalue weighted by atomic mass is 10.2. The number of nitrogens with zero attached hydrogens (tertiary/aromatic N) is 2. The predicted molar refractivity (Wildman–Crippen MR) is 73.8 cm³/mol. The Balaban J connectivity index is 0.00000162. The third-order valence-electron chi connectivity index (χ3n) is 3.41. The molecule has 0 spiro atoms. The van der Waals surface area contributed by atoms with Gasteiger partial charge in [-0.05, 0) is 25.7 Å². The molecule has 5 nitrogen and oxygen atoms in total. The summed E-state index contributed by atoms with van der Waals surface area (Å²) in [6.45, 7) is 4.32. The molecule has 1 aliphatic rings. The molecule has 0 aromatic carbocycles. The second-order valence-electron chi connectivity index (χ2n) is 4.87. The lowest BCUT2D eigenvalue weighted by Gasteiger charge is -2.16. The van der Waals surface area contributed by atoms with Crippen LogP contribution in [0.5, 0.6) is 0 Å². The van der Waals surface area contributed by atoms with Crippen LogP contribution in [0.4, 0.5) is 5.82 Å². The van der Waals surface area contributed by atoms with Gasteiger partial charge in [0.15, 0.2) is 0 Å². The van der Waals surface area contributed by atoms with Gasteiger partial charge in [0.2, 0.25) is 5.91 Å². The first-order chi connectivity index (χ1) is 8.13. The van der Waals surface area contributed by atoms with Crippen molar-refractivity contribution in [3.63, 3.8) is 0 Å². The molecular formula is C12H21ClN4O. The van der Waals surface area contributed by atoms with Crippen molar-refractivity contribution < 1.29 is 4.79 Å². The quantitative estimate of drug-likeness (QED) is 0.859. The molecule has 18 heavy (non-hydrogen) atoms. The zero-order valence-corrected chi connectivity index (χ0v) is 11.6. The molecule has 1 heterocycles. The summed E-state index contributed by atoms with van der Waals surface area (Å²) >= 11 is 0. The standard InChI is InChI=1S/C12H20N4O.ClH/c1-8(7-13)12(17)15-11-5-6-14-16(11)9(2)10-3-4-10;/h5-6,8-10H,3-4,7,13H2,1-2H3,(H,15,17);1H. The molecular weight excluding hydrogens is 252 g/mol. The van der Waals surface area contributed by atoms with E-state index in [4.69, 9.17) is 5.73 Å². The summed E-state index contributed by atoms with van der Waals surface area (Å²) in [7, 11) is 0. The lowest BCUT2D eigenvalue weighted by Crippen LogP contribution is -2.28. The monoisotopic (exact) mass is 272 g/mol. The molecule has 0 radical (unpaired) electrons. The molecule has 0 bridgehead atoms. The second kappa shape index (κ2) is 6.20. The van der Waals surface area contributed by atoms with Crippen molar-refractivity contribution >= 4 is 24.1 Å². The Morgan fingerprint density at radius 1 is 1.61 bits per heavy atom. The Labute approximate surface area is 114 Å². The van der Waals surface area contributed by atoms with Crippen molar-refractivity contribution in [1.82, 2.24) is 9.78 Å². The maximum absolute atomic E-state index is 11.8. The number of hydrogen-bond acceptors (Lipinski definition) is 3. The van der Waals surface area contributed by atoms with E-state index in [2.05, 4.69) is 17.3 Å². The van der Waals surface area contributed by atoms with E-state index in [-0.39, 0.29) is 24.2 Å². The summed E-state index contributed by atoms with van der Waals surface area (Å²) in [6, 6.07) is 2.19. The van der Waals surface area contributed by atoms with Gasteiger partial charge >= 0.3 is 0 Å². The van der Waals surface area contributed by atoms with Gasteiger partial charge in [0.1, 0.15) is 5.82 Å². The minimum absolute atomic E-state index is 0. The highest BCUT2D eigenvalue weighted by Crippen LogP contribution is 2.40. The highest BCUT2D eigenvalue weighted by molar-refractivity contribution is 5.91. The molecule has 102 valence electrons. The summed E-state index contributed by atoms with van der Waals surface area (Å²) < 4.78 is 1.90.